The summed E-state index contributed by atoms with van der Waals surface area (Å²) in [5.41, 5.74) is 1.08. The molecule has 4 rings (SSSR count). The van der Waals surface area contributed by atoms with Gasteiger partial charge in [-0.25, -0.2) is 9.48 Å². The molecule has 3 heterocycles. The first kappa shape index (κ1) is 29.6. The van der Waals surface area contributed by atoms with Crippen LogP contribution in [0.4, 0.5) is 10.6 Å². The van der Waals surface area contributed by atoms with Crippen LogP contribution in [-0.2, 0) is 16.8 Å². The van der Waals surface area contributed by atoms with E-state index in [1.807, 2.05) is 24.6 Å². The van der Waals surface area contributed by atoms with Crippen LogP contribution in [-0.4, -0.2) is 92.8 Å². The van der Waals surface area contributed by atoms with Gasteiger partial charge in [0.2, 0.25) is 0 Å². The van der Waals surface area contributed by atoms with E-state index in [9.17, 15) is 9.59 Å². The molecule has 2 atom stereocenters. The van der Waals surface area contributed by atoms with Gasteiger partial charge in [0.25, 0.3) is 5.91 Å². The Bertz CT molecular complexity index is 1200. The minimum Gasteiger partial charge on any atom is -0.446 e. The summed E-state index contributed by atoms with van der Waals surface area (Å²) in [5.74, 6) is 3.30. The molecular weight excluding hydrogens is 508 g/mol. The predicted octanol–water partition coefficient (Wildman–Crippen LogP) is 3.11. The van der Waals surface area contributed by atoms with Crippen LogP contribution in [0.15, 0.2) is 18.3 Å². The topological polar surface area (TPSA) is 110 Å². The van der Waals surface area contributed by atoms with E-state index < -0.39 is 0 Å². The van der Waals surface area contributed by atoms with E-state index in [0.29, 0.717) is 31.0 Å². The third-order valence-electron chi connectivity index (χ3n) is 7.45. The highest BCUT2D eigenvalue weighted by atomic mass is 16.6. The maximum atomic E-state index is 13.4. The second kappa shape index (κ2) is 12.9. The fourth-order valence-corrected chi connectivity index (χ4v) is 5.36. The minimum absolute atomic E-state index is 0.0321. The SMILES string of the molecule is C#CCN1CCN(CCn2nccc2C(=O)Nc2cc([C@H]3CC[C@@H](OC(=O)NC(C)C)C3)nn2C(C)(C)C)CC1. The molecule has 40 heavy (non-hydrogen) atoms. The van der Waals surface area contributed by atoms with Crippen LogP contribution < -0.4 is 10.6 Å². The quantitative estimate of drug-likeness (QED) is 0.460. The molecule has 2 fully saturated rings. The molecule has 2 N–H and O–H groups in total. The third kappa shape index (κ3) is 7.64. The maximum Gasteiger partial charge on any atom is 0.407 e. The molecule has 11 nitrogen and oxygen atoms in total. The number of terminal acetylenes is 1. The molecule has 2 amide bonds. The van der Waals surface area contributed by atoms with E-state index >= 15 is 0 Å². The molecule has 1 aliphatic carbocycles. The second-order valence-electron chi connectivity index (χ2n) is 12.1. The van der Waals surface area contributed by atoms with Gasteiger partial charge in [0.15, 0.2) is 0 Å². The van der Waals surface area contributed by atoms with Crippen molar-refractivity contribution in [2.45, 2.75) is 84.0 Å². The molecule has 0 radical (unpaired) electrons. The molecule has 2 aromatic heterocycles. The fourth-order valence-electron chi connectivity index (χ4n) is 5.36. The highest BCUT2D eigenvalue weighted by Crippen LogP contribution is 2.37. The van der Waals surface area contributed by atoms with Crippen LogP contribution in [0.3, 0.4) is 0 Å². The van der Waals surface area contributed by atoms with E-state index in [1.54, 1.807) is 16.9 Å². The first-order valence-electron chi connectivity index (χ1n) is 14.3. The van der Waals surface area contributed by atoms with Crippen LogP contribution in [0.25, 0.3) is 0 Å². The molecule has 0 bridgehead atoms. The number of alkyl carbamates (subject to hydrolysis) is 1. The Morgan fingerprint density at radius 2 is 1.88 bits per heavy atom. The molecule has 11 heteroatoms. The summed E-state index contributed by atoms with van der Waals surface area (Å²) in [6.45, 7) is 15.9. The largest absolute Gasteiger partial charge is 0.446 e. The third-order valence-corrected chi connectivity index (χ3v) is 7.45. The Balaban J connectivity index is 1.39. The van der Waals surface area contributed by atoms with Crippen molar-refractivity contribution in [1.82, 2.24) is 34.7 Å². The van der Waals surface area contributed by atoms with E-state index in [2.05, 4.69) is 52.2 Å². The van der Waals surface area contributed by atoms with Crippen LogP contribution in [0.5, 0.6) is 0 Å². The minimum atomic E-state index is -0.378. The van der Waals surface area contributed by atoms with Gasteiger partial charge in [0, 0.05) is 56.9 Å². The first-order valence-corrected chi connectivity index (χ1v) is 14.3. The highest BCUT2D eigenvalue weighted by Gasteiger charge is 2.32. The molecule has 2 aromatic rings. The van der Waals surface area contributed by atoms with Crippen molar-refractivity contribution in [3.63, 3.8) is 0 Å². The van der Waals surface area contributed by atoms with Crippen molar-refractivity contribution in [3.8, 4) is 12.3 Å². The summed E-state index contributed by atoms with van der Waals surface area (Å²) < 4.78 is 9.25. The summed E-state index contributed by atoms with van der Waals surface area (Å²) in [6.07, 6.45) is 8.96. The lowest BCUT2D eigenvalue weighted by Crippen LogP contribution is -2.47. The summed E-state index contributed by atoms with van der Waals surface area (Å²) in [7, 11) is 0. The van der Waals surface area contributed by atoms with Gasteiger partial charge >= 0.3 is 6.09 Å². The molecule has 1 aliphatic heterocycles. The van der Waals surface area contributed by atoms with Gasteiger partial charge in [-0.1, -0.05) is 5.92 Å². The van der Waals surface area contributed by atoms with Gasteiger partial charge < -0.3 is 15.4 Å². The molecule has 218 valence electrons. The van der Waals surface area contributed by atoms with Gasteiger partial charge in [-0.05, 0) is 59.9 Å². The first-order chi connectivity index (χ1) is 19.0. The van der Waals surface area contributed by atoms with Crippen LogP contribution in [0, 0.1) is 12.3 Å². The molecule has 0 unspecified atom stereocenters. The molecule has 1 saturated heterocycles. The van der Waals surface area contributed by atoms with Crippen molar-refractivity contribution >= 4 is 17.8 Å². The zero-order valence-electron chi connectivity index (χ0n) is 24.5. The number of nitrogens with zero attached hydrogens (tertiary/aromatic N) is 6. The Hall–Kier alpha value is -3.36. The smallest absolute Gasteiger partial charge is 0.407 e. The number of carbonyl (C=O) groups excluding carboxylic acids is 2. The normalized spacial score (nSPS) is 20.4. The maximum absolute atomic E-state index is 13.4. The summed E-state index contributed by atoms with van der Waals surface area (Å²) in [4.78, 5) is 30.1. The van der Waals surface area contributed by atoms with E-state index in [4.69, 9.17) is 16.3 Å². The zero-order chi connectivity index (χ0) is 28.9. The fraction of sp³-hybridized carbons (Fsp3) is 0.655. The van der Waals surface area contributed by atoms with E-state index in [-0.39, 0.29) is 35.6 Å². The number of ether oxygens (including phenoxy) is 1. The standard InChI is InChI=1S/C29H44N8O3/c1-7-12-34-13-15-35(16-14-34)17-18-36-25(10-11-30-36)27(38)32-26-20-24(33-37(26)29(4,5)6)22-8-9-23(19-22)40-28(39)31-21(2)3/h1,10-11,20-23H,8-9,12-19H2,2-6H3,(H,31,39)(H,32,38)/t22-,23+/m0/s1. The molecule has 2 aliphatic rings. The number of anilines is 1. The van der Waals surface area contributed by atoms with Crippen LogP contribution in [0.2, 0.25) is 0 Å². The van der Waals surface area contributed by atoms with Crippen LogP contribution in [0.1, 0.15) is 76.0 Å². The van der Waals surface area contributed by atoms with Crippen molar-refractivity contribution in [2.75, 3.05) is 44.6 Å². The number of hydrogen-bond donors (Lipinski definition) is 2. The molecule has 0 spiro atoms. The number of nitrogens with one attached hydrogen (secondary N) is 2. The number of amides is 2. The molecular formula is C29H44N8O3. The number of piperazine rings is 1. The van der Waals surface area contributed by atoms with Gasteiger partial charge in [0.05, 0.1) is 24.3 Å². The van der Waals surface area contributed by atoms with Crippen molar-refractivity contribution < 1.29 is 14.3 Å². The molecule has 1 saturated carbocycles. The van der Waals surface area contributed by atoms with Gasteiger partial charge in [-0.15, -0.1) is 6.42 Å². The monoisotopic (exact) mass is 552 g/mol. The lowest BCUT2D eigenvalue weighted by atomic mass is 10.0. The number of rotatable bonds is 9. The Labute approximate surface area is 237 Å². The second-order valence-corrected chi connectivity index (χ2v) is 12.1. The van der Waals surface area contributed by atoms with Gasteiger partial charge in [-0.2, -0.15) is 10.2 Å². The lowest BCUT2D eigenvalue weighted by molar-refractivity contribution is 0.0979. The Kier molecular flexibility index (Phi) is 9.53. The average molecular weight is 553 g/mol. The average Bonchev–Trinajstić information content (AvgIpc) is 3.62. The van der Waals surface area contributed by atoms with E-state index in [1.165, 1.54) is 0 Å². The summed E-state index contributed by atoms with van der Waals surface area (Å²) >= 11 is 0. The number of aromatic nitrogens is 4. The summed E-state index contributed by atoms with van der Waals surface area (Å²) in [5, 5.41) is 15.2. The predicted molar refractivity (Wildman–Crippen MR) is 154 cm³/mol. The van der Waals surface area contributed by atoms with Gasteiger partial charge in [-0.3, -0.25) is 19.3 Å². The van der Waals surface area contributed by atoms with Crippen molar-refractivity contribution in [3.05, 3.63) is 29.7 Å². The van der Waals surface area contributed by atoms with Crippen molar-refractivity contribution in [1.29, 1.82) is 0 Å². The Morgan fingerprint density at radius 1 is 1.15 bits per heavy atom. The lowest BCUT2D eigenvalue weighted by Gasteiger charge is -2.33. The van der Waals surface area contributed by atoms with E-state index in [0.717, 1.165) is 51.3 Å². The van der Waals surface area contributed by atoms with Crippen LogP contribution >= 0.6 is 0 Å². The zero-order valence-corrected chi connectivity index (χ0v) is 24.5. The van der Waals surface area contributed by atoms with Crippen molar-refractivity contribution in [2.24, 2.45) is 0 Å². The summed E-state index contributed by atoms with van der Waals surface area (Å²) in [6, 6.07) is 3.74. The number of carbonyl (C=O) groups is 2. The molecule has 0 aromatic carbocycles. The van der Waals surface area contributed by atoms with Gasteiger partial charge in [0.1, 0.15) is 17.6 Å². The highest BCUT2D eigenvalue weighted by molar-refractivity contribution is 6.02. The Morgan fingerprint density at radius 3 is 2.55 bits per heavy atom. The number of hydrogen-bond acceptors (Lipinski definition) is 7.